The van der Waals surface area contributed by atoms with E-state index in [0.717, 1.165) is 16.8 Å². The molecule has 0 saturated carbocycles. The van der Waals surface area contributed by atoms with Gasteiger partial charge in [-0.3, -0.25) is 18.5 Å². The Morgan fingerprint density at radius 1 is 1.14 bits per heavy atom. The molecule has 0 radical (unpaired) electrons. The predicted molar refractivity (Wildman–Crippen MR) is 121 cm³/mol. The van der Waals surface area contributed by atoms with Crippen LogP contribution >= 0.6 is 0 Å². The van der Waals surface area contributed by atoms with Gasteiger partial charge in [0.25, 0.3) is 5.56 Å². The number of benzene rings is 2. The van der Waals surface area contributed by atoms with Crippen LogP contribution < -0.4 is 17.0 Å². The Hall–Kier alpha value is -4.35. The second kappa shape index (κ2) is 8.11. The molecule has 0 amide bonds. The summed E-state index contributed by atoms with van der Waals surface area (Å²) >= 11 is 0. The van der Waals surface area contributed by atoms with Crippen molar-refractivity contribution in [3.8, 4) is 5.69 Å². The summed E-state index contributed by atoms with van der Waals surface area (Å²) in [5.74, 6) is -2.25. The zero-order valence-corrected chi connectivity index (χ0v) is 18.7. The number of carboxylic acids is 1. The molecule has 36 heavy (non-hydrogen) atoms. The summed E-state index contributed by atoms with van der Waals surface area (Å²) in [6.45, 7) is 0. The van der Waals surface area contributed by atoms with Crippen molar-refractivity contribution in [2.24, 2.45) is 7.05 Å². The van der Waals surface area contributed by atoms with Crippen LogP contribution in [-0.4, -0.2) is 24.8 Å². The highest BCUT2D eigenvalue weighted by Crippen LogP contribution is 2.40. The van der Waals surface area contributed by atoms with Gasteiger partial charge in [0.1, 0.15) is 5.56 Å². The fourth-order valence-electron chi connectivity index (χ4n) is 4.81. The van der Waals surface area contributed by atoms with Crippen molar-refractivity contribution in [3.05, 3.63) is 96.2 Å². The second-order valence-corrected chi connectivity index (χ2v) is 8.53. The number of hydrogen-bond donors (Lipinski definition) is 1. The summed E-state index contributed by atoms with van der Waals surface area (Å²) in [6.07, 6.45) is -3.24. The van der Waals surface area contributed by atoms with Gasteiger partial charge in [-0.25, -0.2) is 14.4 Å². The minimum absolute atomic E-state index is 0.0210. The van der Waals surface area contributed by atoms with Gasteiger partial charge in [0.15, 0.2) is 5.58 Å². The lowest BCUT2D eigenvalue weighted by molar-refractivity contribution is -0.138. The number of aryl methyl sites for hydroxylation is 1. The lowest BCUT2D eigenvalue weighted by atomic mass is 9.84. The number of oxazole rings is 1. The van der Waals surface area contributed by atoms with E-state index in [4.69, 9.17) is 4.42 Å². The molecule has 2 heterocycles. The van der Waals surface area contributed by atoms with Gasteiger partial charge in [0, 0.05) is 19.3 Å². The Morgan fingerprint density at radius 2 is 1.89 bits per heavy atom. The number of hydrogen-bond acceptors (Lipinski definition) is 5. The molecule has 2 aromatic heterocycles. The molecule has 1 N–H and O–H groups in total. The quantitative estimate of drug-likeness (QED) is 0.461. The van der Waals surface area contributed by atoms with Gasteiger partial charge in [-0.1, -0.05) is 12.1 Å². The number of alkyl halides is 3. The highest BCUT2D eigenvalue weighted by molar-refractivity contribution is 5.87. The molecular weight excluding hydrogens is 483 g/mol. The van der Waals surface area contributed by atoms with Crippen LogP contribution in [-0.2, 0) is 19.6 Å². The smallest absolute Gasteiger partial charge is 0.419 e. The van der Waals surface area contributed by atoms with Gasteiger partial charge in [-0.15, -0.1) is 0 Å². The van der Waals surface area contributed by atoms with Crippen molar-refractivity contribution in [2.45, 2.75) is 31.5 Å². The van der Waals surface area contributed by atoms with E-state index in [-0.39, 0.29) is 41.7 Å². The number of nitrogens with zero attached hydrogens (tertiary/aromatic N) is 3. The fraction of sp³-hybridized carbons (Fsp3) is 0.250. The van der Waals surface area contributed by atoms with Gasteiger partial charge in [0.05, 0.1) is 22.8 Å². The molecule has 186 valence electrons. The lowest BCUT2D eigenvalue weighted by Crippen LogP contribution is -2.45. The van der Waals surface area contributed by atoms with Crippen molar-refractivity contribution in [1.29, 1.82) is 0 Å². The minimum atomic E-state index is -4.63. The number of carboxylic acid groups (broad SMARTS) is 1. The molecule has 1 aliphatic rings. The summed E-state index contributed by atoms with van der Waals surface area (Å²) in [6, 6.07) is 6.74. The molecule has 12 heteroatoms. The Bertz CT molecular complexity index is 1720. The molecule has 0 spiro atoms. The second-order valence-electron chi connectivity index (χ2n) is 8.53. The van der Waals surface area contributed by atoms with E-state index >= 15 is 0 Å². The van der Waals surface area contributed by atoms with Gasteiger partial charge in [0.2, 0.25) is 0 Å². The Labute approximate surface area is 199 Å². The number of aromatic carboxylic acids is 1. The maximum Gasteiger partial charge on any atom is 0.419 e. The van der Waals surface area contributed by atoms with E-state index in [0.29, 0.717) is 10.1 Å². The van der Waals surface area contributed by atoms with E-state index in [9.17, 15) is 37.5 Å². The first-order valence-corrected chi connectivity index (χ1v) is 10.9. The summed E-state index contributed by atoms with van der Waals surface area (Å²) in [5, 5.41) is 9.67. The van der Waals surface area contributed by atoms with Crippen LogP contribution in [0.25, 0.3) is 16.8 Å². The third kappa shape index (κ3) is 3.56. The first-order chi connectivity index (χ1) is 17.0. The first kappa shape index (κ1) is 23.4. The summed E-state index contributed by atoms with van der Waals surface area (Å²) < 4.78 is 48.9. The Morgan fingerprint density at radius 3 is 2.58 bits per heavy atom. The van der Waals surface area contributed by atoms with Crippen LogP contribution in [0.4, 0.5) is 13.2 Å². The third-order valence-corrected chi connectivity index (χ3v) is 6.50. The standard InChI is InChI=1S/C24H18F3N3O6/c1-28-18-9-8-12(10-19(18)36-23(28)35)29-11-15(21(32)33)20(31)30(22(29)34)17-7-3-4-13-14(17)5-2-6-16(13)24(25,26)27/h2,5-6,8-11,17H,3-4,7H2,1H3,(H,32,33). The molecule has 4 aromatic rings. The average Bonchev–Trinajstić information content (AvgIpc) is 3.10. The minimum Gasteiger partial charge on any atom is -0.477 e. The first-order valence-electron chi connectivity index (χ1n) is 10.9. The molecule has 0 saturated heterocycles. The zero-order valence-electron chi connectivity index (χ0n) is 18.7. The average molecular weight is 501 g/mol. The van der Waals surface area contributed by atoms with Crippen molar-refractivity contribution in [1.82, 2.24) is 13.7 Å². The largest absolute Gasteiger partial charge is 0.477 e. The van der Waals surface area contributed by atoms with Gasteiger partial charge in [-0.2, -0.15) is 13.2 Å². The maximum atomic E-state index is 13.6. The fourth-order valence-corrected chi connectivity index (χ4v) is 4.81. The Balaban J connectivity index is 1.78. The molecule has 0 fully saturated rings. The monoisotopic (exact) mass is 501 g/mol. The highest BCUT2D eigenvalue weighted by atomic mass is 19.4. The lowest BCUT2D eigenvalue weighted by Gasteiger charge is -2.29. The van der Waals surface area contributed by atoms with Crippen molar-refractivity contribution in [2.75, 3.05) is 0 Å². The normalized spacial score (nSPS) is 15.7. The zero-order chi connectivity index (χ0) is 25.9. The predicted octanol–water partition coefficient (Wildman–Crippen LogP) is 3.09. The number of fused-ring (bicyclic) bond motifs is 2. The summed E-state index contributed by atoms with van der Waals surface area (Å²) in [4.78, 5) is 50.5. The topological polar surface area (TPSA) is 116 Å². The summed E-state index contributed by atoms with van der Waals surface area (Å²) in [7, 11) is 1.48. The van der Waals surface area contributed by atoms with Crippen LogP contribution in [0, 0.1) is 0 Å². The molecule has 1 atom stereocenters. The molecule has 2 aromatic carbocycles. The van der Waals surface area contributed by atoms with Crippen LogP contribution in [0.2, 0.25) is 0 Å². The van der Waals surface area contributed by atoms with E-state index in [2.05, 4.69) is 0 Å². The van der Waals surface area contributed by atoms with E-state index in [1.54, 1.807) is 0 Å². The van der Waals surface area contributed by atoms with Crippen LogP contribution in [0.5, 0.6) is 0 Å². The number of halogens is 3. The molecular formula is C24H18F3N3O6. The van der Waals surface area contributed by atoms with Crippen molar-refractivity contribution in [3.63, 3.8) is 0 Å². The SMILES string of the molecule is Cn1c(=O)oc2cc(-n3cc(C(=O)O)c(=O)n(C4CCCc5c4cccc5C(F)(F)F)c3=O)ccc21. The highest BCUT2D eigenvalue weighted by Gasteiger charge is 2.37. The Kier molecular flexibility index (Phi) is 5.27. The number of aromatic nitrogens is 3. The number of rotatable bonds is 3. The van der Waals surface area contributed by atoms with E-state index in [1.165, 1.54) is 41.9 Å². The van der Waals surface area contributed by atoms with E-state index in [1.807, 2.05) is 0 Å². The van der Waals surface area contributed by atoms with Crippen molar-refractivity contribution < 1.29 is 27.5 Å². The summed E-state index contributed by atoms with van der Waals surface area (Å²) in [5.41, 5.74) is -2.85. The molecule has 1 unspecified atom stereocenters. The van der Waals surface area contributed by atoms with Gasteiger partial charge < -0.3 is 9.52 Å². The van der Waals surface area contributed by atoms with Crippen molar-refractivity contribution >= 4 is 17.1 Å². The molecule has 5 rings (SSSR count). The van der Waals surface area contributed by atoms with Gasteiger partial charge >= 0.3 is 23.6 Å². The van der Waals surface area contributed by atoms with Crippen LogP contribution in [0.1, 0.15) is 45.9 Å². The molecule has 1 aliphatic carbocycles. The molecule has 0 aliphatic heterocycles. The third-order valence-electron chi connectivity index (χ3n) is 6.50. The number of carbonyl (C=O) groups is 1. The van der Waals surface area contributed by atoms with Crippen LogP contribution in [0.15, 0.2) is 61.4 Å². The molecule has 9 nitrogen and oxygen atoms in total. The maximum absolute atomic E-state index is 13.6. The van der Waals surface area contributed by atoms with Gasteiger partial charge in [-0.05, 0) is 48.6 Å². The van der Waals surface area contributed by atoms with Crippen LogP contribution in [0.3, 0.4) is 0 Å². The molecule has 0 bridgehead atoms. The van der Waals surface area contributed by atoms with E-state index < -0.39 is 46.3 Å².